The summed E-state index contributed by atoms with van der Waals surface area (Å²) in [6.07, 6.45) is 7.54. The van der Waals surface area contributed by atoms with E-state index in [-0.39, 0.29) is 5.41 Å². The van der Waals surface area contributed by atoms with E-state index < -0.39 is 0 Å². The lowest BCUT2D eigenvalue weighted by atomic mass is 9.59. The zero-order chi connectivity index (χ0) is 7.47. The summed E-state index contributed by atoms with van der Waals surface area (Å²) in [5, 5.41) is 0. The lowest BCUT2D eigenvalue weighted by Gasteiger charge is -2.43. The summed E-state index contributed by atoms with van der Waals surface area (Å²) in [4.78, 5) is 11.4. The van der Waals surface area contributed by atoms with Crippen LogP contribution in [0.4, 0.5) is 0 Å². The van der Waals surface area contributed by atoms with E-state index in [4.69, 9.17) is 0 Å². The summed E-state index contributed by atoms with van der Waals surface area (Å²) in [5.41, 5.74) is 0.253. The van der Waals surface area contributed by atoms with Crippen LogP contribution >= 0.6 is 0 Å². The number of rotatable bonds is 0. The van der Waals surface area contributed by atoms with E-state index in [0.29, 0.717) is 5.78 Å². The summed E-state index contributed by atoms with van der Waals surface area (Å²) in [6.45, 7) is 0. The van der Waals surface area contributed by atoms with Crippen LogP contribution in [-0.4, -0.2) is 5.78 Å². The van der Waals surface area contributed by atoms with Gasteiger partial charge in [-0.3, -0.25) is 4.79 Å². The Morgan fingerprint density at radius 1 is 1.36 bits per heavy atom. The number of hydrogen-bond donors (Lipinski definition) is 0. The number of carbonyl (C=O) groups is 1. The normalized spacial score (nSPS) is 53.6. The summed E-state index contributed by atoms with van der Waals surface area (Å²) in [6, 6.07) is 0. The fourth-order valence-corrected chi connectivity index (χ4v) is 3.64. The van der Waals surface area contributed by atoms with Crippen molar-refractivity contribution in [2.45, 2.75) is 38.5 Å². The zero-order valence-electron chi connectivity index (χ0n) is 6.81. The maximum atomic E-state index is 11.4. The summed E-state index contributed by atoms with van der Waals surface area (Å²) >= 11 is 0. The van der Waals surface area contributed by atoms with E-state index in [0.717, 1.165) is 18.3 Å². The number of carbonyl (C=O) groups excluding carboxylic acids is 1. The predicted octanol–water partition coefficient (Wildman–Crippen LogP) is 2.16. The number of Topliss-reactive ketones (excluding diaryl/α,β-unsaturated/α-hetero) is 1. The van der Waals surface area contributed by atoms with Crippen molar-refractivity contribution in [3.05, 3.63) is 0 Å². The summed E-state index contributed by atoms with van der Waals surface area (Å²) < 4.78 is 0. The fraction of sp³-hybridized carbons (Fsp3) is 0.900. The molecule has 0 saturated heterocycles. The first-order valence-electron chi connectivity index (χ1n) is 4.84. The lowest BCUT2D eigenvalue weighted by molar-refractivity contribution is -0.142. The molecule has 3 atom stereocenters. The lowest BCUT2D eigenvalue weighted by Crippen LogP contribution is -2.44. The van der Waals surface area contributed by atoms with Crippen molar-refractivity contribution in [2.75, 3.05) is 0 Å². The van der Waals surface area contributed by atoms with Gasteiger partial charge in [0.05, 0.1) is 0 Å². The highest BCUT2D eigenvalue weighted by Gasteiger charge is 2.58. The molecule has 0 aromatic heterocycles. The van der Waals surface area contributed by atoms with Gasteiger partial charge in [-0.2, -0.15) is 0 Å². The molecule has 0 aromatic rings. The molecule has 0 N–H and O–H groups in total. The van der Waals surface area contributed by atoms with Gasteiger partial charge >= 0.3 is 0 Å². The van der Waals surface area contributed by atoms with Gasteiger partial charge in [-0.1, -0.05) is 6.42 Å². The molecule has 0 heterocycles. The van der Waals surface area contributed by atoms with E-state index in [1.165, 1.54) is 32.1 Å². The Morgan fingerprint density at radius 2 is 2.27 bits per heavy atom. The Balaban J connectivity index is 1.95. The molecule has 0 amide bonds. The Labute approximate surface area is 67.2 Å². The van der Waals surface area contributed by atoms with Crippen molar-refractivity contribution < 1.29 is 4.79 Å². The van der Waals surface area contributed by atoms with E-state index in [1.54, 1.807) is 0 Å². The second-order valence-electron chi connectivity index (χ2n) is 4.66. The molecule has 1 heteroatoms. The molecule has 3 saturated carbocycles. The molecule has 11 heavy (non-hydrogen) atoms. The van der Waals surface area contributed by atoms with Crippen LogP contribution in [0.3, 0.4) is 0 Å². The maximum Gasteiger partial charge on any atom is 0.139 e. The minimum Gasteiger partial charge on any atom is -0.299 e. The van der Waals surface area contributed by atoms with E-state index in [1.807, 2.05) is 0 Å². The monoisotopic (exact) mass is 150 g/mol. The van der Waals surface area contributed by atoms with Crippen LogP contribution in [0.5, 0.6) is 0 Å². The summed E-state index contributed by atoms with van der Waals surface area (Å²) in [7, 11) is 0. The molecule has 3 aliphatic carbocycles. The first-order chi connectivity index (χ1) is 5.31. The molecule has 60 valence electrons. The topological polar surface area (TPSA) is 17.1 Å². The van der Waals surface area contributed by atoms with Gasteiger partial charge in [0.2, 0.25) is 0 Å². The minimum atomic E-state index is 0.253. The van der Waals surface area contributed by atoms with Crippen molar-refractivity contribution in [1.82, 2.24) is 0 Å². The van der Waals surface area contributed by atoms with Gasteiger partial charge in [0.15, 0.2) is 0 Å². The molecule has 3 fully saturated rings. The Bertz CT molecular complexity index is 221. The van der Waals surface area contributed by atoms with Crippen molar-refractivity contribution in [2.24, 2.45) is 17.3 Å². The first kappa shape index (κ1) is 6.22. The zero-order valence-corrected chi connectivity index (χ0v) is 6.81. The number of ketones is 1. The van der Waals surface area contributed by atoms with Crippen LogP contribution in [-0.2, 0) is 4.79 Å². The molecule has 0 aliphatic heterocycles. The molecule has 3 rings (SSSR count). The number of fused-ring (bicyclic) bond motifs is 3. The third-order valence-corrected chi connectivity index (χ3v) is 4.33. The molecule has 3 unspecified atom stereocenters. The minimum absolute atomic E-state index is 0.253. The van der Waals surface area contributed by atoms with Gasteiger partial charge in [0.1, 0.15) is 5.78 Å². The molecule has 1 nitrogen and oxygen atoms in total. The van der Waals surface area contributed by atoms with Crippen LogP contribution in [0.15, 0.2) is 0 Å². The quantitative estimate of drug-likeness (QED) is 0.517. The van der Waals surface area contributed by atoms with Crippen LogP contribution in [0.2, 0.25) is 0 Å². The Hall–Kier alpha value is -0.330. The van der Waals surface area contributed by atoms with Gasteiger partial charge in [0, 0.05) is 11.8 Å². The highest BCUT2D eigenvalue weighted by Crippen LogP contribution is 2.62. The highest BCUT2D eigenvalue weighted by molar-refractivity contribution is 5.91. The number of hydrogen-bond acceptors (Lipinski definition) is 1. The predicted molar refractivity (Wildman–Crippen MR) is 42.1 cm³/mol. The molecule has 2 bridgehead atoms. The maximum absolute atomic E-state index is 11.4. The van der Waals surface area contributed by atoms with Crippen LogP contribution < -0.4 is 0 Å². The standard InChI is InChI=1S/C10H14O/c11-9-3-4-10(9)6-7-1-2-8(10)5-7/h7-8H,1-6H2. The summed E-state index contributed by atoms with van der Waals surface area (Å²) in [5.74, 6) is 2.35. The smallest absolute Gasteiger partial charge is 0.139 e. The van der Waals surface area contributed by atoms with Gasteiger partial charge in [-0.25, -0.2) is 0 Å². The SMILES string of the molecule is O=C1CCC12CC1CCC2C1. The van der Waals surface area contributed by atoms with E-state index in [2.05, 4.69) is 0 Å². The molecular formula is C10H14O. The van der Waals surface area contributed by atoms with Crippen molar-refractivity contribution in [3.8, 4) is 0 Å². The molecule has 1 spiro atoms. The molecule has 3 aliphatic rings. The highest BCUT2D eigenvalue weighted by atomic mass is 16.1. The fourth-order valence-electron chi connectivity index (χ4n) is 3.64. The second-order valence-corrected chi connectivity index (χ2v) is 4.66. The van der Waals surface area contributed by atoms with Crippen molar-refractivity contribution in [3.63, 3.8) is 0 Å². The average molecular weight is 150 g/mol. The van der Waals surface area contributed by atoms with Gasteiger partial charge in [0.25, 0.3) is 0 Å². The van der Waals surface area contributed by atoms with E-state index >= 15 is 0 Å². The van der Waals surface area contributed by atoms with Crippen molar-refractivity contribution >= 4 is 5.78 Å². The molecular weight excluding hydrogens is 136 g/mol. The van der Waals surface area contributed by atoms with Crippen LogP contribution in [0.25, 0.3) is 0 Å². The Kier molecular flexibility index (Phi) is 0.961. The van der Waals surface area contributed by atoms with Crippen LogP contribution in [0, 0.1) is 17.3 Å². The Morgan fingerprint density at radius 3 is 2.55 bits per heavy atom. The van der Waals surface area contributed by atoms with Crippen LogP contribution in [0.1, 0.15) is 38.5 Å². The first-order valence-corrected chi connectivity index (χ1v) is 4.84. The largest absolute Gasteiger partial charge is 0.299 e. The molecule has 0 aromatic carbocycles. The van der Waals surface area contributed by atoms with Gasteiger partial charge in [-0.05, 0) is 37.5 Å². The third kappa shape index (κ3) is 0.567. The van der Waals surface area contributed by atoms with Gasteiger partial charge < -0.3 is 0 Å². The average Bonchev–Trinajstić information content (AvgIpc) is 2.60. The molecule has 0 radical (unpaired) electrons. The van der Waals surface area contributed by atoms with Gasteiger partial charge in [-0.15, -0.1) is 0 Å². The second kappa shape index (κ2) is 1.70. The third-order valence-electron chi connectivity index (χ3n) is 4.33. The van der Waals surface area contributed by atoms with Crippen molar-refractivity contribution in [1.29, 1.82) is 0 Å². The van der Waals surface area contributed by atoms with E-state index in [9.17, 15) is 4.79 Å².